The second-order valence-electron chi connectivity index (χ2n) is 5.76. The van der Waals surface area contributed by atoms with E-state index in [1.807, 2.05) is 32.0 Å². The zero-order valence-corrected chi connectivity index (χ0v) is 16.7. The minimum Gasteiger partial charge on any atom is -0.493 e. The number of ether oxygens (including phenoxy) is 4. The molecule has 0 heterocycles. The predicted octanol–water partition coefficient (Wildman–Crippen LogP) is 3.66. The van der Waals surface area contributed by atoms with Gasteiger partial charge in [0.05, 0.1) is 33.6 Å². The highest BCUT2D eigenvalue weighted by Gasteiger charge is 2.10. The maximum Gasteiger partial charge on any atom is 0.271 e. The molecular formula is C21H26N2O5. The SMILES string of the molecule is CCCOc1ccc(/C=N/NC(=O)c2ccc(OC)c(OC)c2)cc1OCC. The lowest BCUT2D eigenvalue weighted by molar-refractivity contribution is 0.0954. The van der Waals surface area contributed by atoms with Crippen molar-refractivity contribution in [1.29, 1.82) is 0 Å². The van der Waals surface area contributed by atoms with Gasteiger partial charge < -0.3 is 18.9 Å². The van der Waals surface area contributed by atoms with Gasteiger partial charge in [0.2, 0.25) is 0 Å². The molecule has 0 radical (unpaired) electrons. The first-order valence-corrected chi connectivity index (χ1v) is 9.08. The number of nitrogens with one attached hydrogen (secondary N) is 1. The van der Waals surface area contributed by atoms with Crippen LogP contribution in [0.25, 0.3) is 0 Å². The molecule has 2 rings (SSSR count). The fourth-order valence-electron chi connectivity index (χ4n) is 2.41. The van der Waals surface area contributed by atoms with Gasteiger partial charge in [-0.25, -0.2) is 5.43 Å². The van der Waals surface area contributed by atoms with Crippen molar-refractivity contribution in [3.63, 3.8) is 0 Å². The van der Waals surface area contributed by atoms with Crippen molar-refractivity contribution in [1.82, 2.24) is 5.43 Å². The van der Waals surface area contributed by atoms with E-state index in [-0.39, 0.29) is 5.91 Å². The molecular weight excluding hydrogens is 360 g/mol. The highest BCUT2D eigenvalue weighted by molar-refractivity contribution is 5.95. The molecule has 1 N–H and O–H groups in total. The first kappa shape index (κ1) is 21.1. The van der Waals surface area contributed by atoms with Gasteiger partial charge >= 0.3 is 0 Å². The fourth-order valence-corrected chi connectivity index (χ4v) is 2.41. The van der Waals surface area contributed by atoms with E-state index in [4.69, 9.17) is 18.9 Å². The van der Waals surface area contributed by atoms with Gasteiger partial charge in [-0.05, 0) is 55.3 Å². The number of carbonyl (C=O) groups excluding carboxylic acids is 1. The Bertz CT molecular complexity index is 820. The van der Waals surface area contributed by atoms with Gasteiger partial charge in [0.15, 0.2) is 23.0 Å². The lowest BCUT2D eigenvalue weighted by atomic mass is 10.2. The number of nitrogens with zero attached hydrogens (tertiary/aromatic N) is 1. The number of hydrogen-bond donors (Lipinski definition) is 1. The van der Waals surface area contributed by atoms with E-state index in [0.717, 1.165) is 12.0 Å². The zero-order valence-electron chi connectivity index (χ0n) is 16.7. The fraction of sp³-hybridized carbons (Fsp3) is 0.333. The van der Waals surface area contributed by atoms with Crippen LogP contribution in [-0.2, 0) is 0 Å². The number of rotatable bonds is 10. The van der Waals surface area contributed by atoms with Crippen molar-refractivity contribution >= 4 is 12.1 Å². The summed E-state index contributed by atoms with van der Waals surface area (Å²) in [6, 6.07) is 10.4. The van der Waals surface area contributed by atoms with E-state index < -0.39 is 0 Å². The molecule has 0 fully saturated rings. The minimum atomic E-state index is -0.356. The summed E-state index contributed by atoms with van der Waals surface area (Å²) in [5.74, 6) is 2.01. The van der Waals surface area contributed by atoms with Crippen LogP contribution in [-0.4, -0.2) is 39.6 Å². The number of methoxy groups -OCH3 is 2. The van der Waals surface area contributed by atoms with Crippen molar-refractivity contribution < 1.29 is 23.7 Å². The van der Waals surface area contributed by atoms with Crippen LogP contribution in [0.4, 0.5) is 0 Å². The lowest BCUT2D eigenvalue weighted by Crippen LogP contribution is -2.17. The van der Waals surface area contributed by atoms with E-state index in [1.165, 1.54) is 14.2 Å². The quantitative estimate of drug-likeness (QED) is 0.498. The summed E-state index contributed by atoms with van der Waals surface area (Å²) < 4.78 is 21.7. The second-order valence-corrected chi connectivity index (χ2v) is 5.76. The third-order valence-electron chi connectivity index (χ3n) is 3.75. The molecule has 0 aliphatic rings. The maximum atomic E-state index is 12.3. The molecule has 0 saturated carbocycles. The largest absolute Gasteiger partial charge is 0.493 e. The summed E-state index contributed by atoms with van der Waals surface area (Å²) in [7, 11) is 3.05. The molecule has 1 amide bonds. The van der Waals surface area contributed by atoms with Crippen molar-refractivity contribution in [2.75, 3.05) is 27.4 Å². The topological polar surface area (TPSA) is 78.4 Å². The van der Waals surface area contributed by atoms with Crippen molar-refractivity contribution in [2.24, 2.45) is 5.10 Å². The Balaban J connectivity index is 2.07. The van der Waals surface area contributed by atoms with Crippen LogP contribution in [0.15, 0.2) is 41.5 Å². The van der Waals surface area contributed by atoms with Gasteiger partial charge in [-0.1, -0.05) is 6.92 Å². The van der Waals surface area contributed by atoms with Crippen molar-refractivity contribution in [2.45, 2.75) is 20.3 Å². The molecule has 150 valence electrons. The van der Waals surface area contributed by atoms with Crippen LogP contribution >= 0.6 is 0 Å². The summed E-state index contributed by atoms with van der Waals surface area (Å²) in [6.45, 7) is 5.10. The molecule has 0 aliphatic heterocycles. The molecule has 0 bridgehead atoms. The van der Waals surface area contributed by atoms with E-state index in [1.54, 1.807) is 24.4 Å². The van der Waals surface area contributed by atoms with E-state index in [2.05, 4.69) is 10.5 Å². The Morgan fingerprint density at radius 3 is 2.39 bits per heavy atom. The number of benzene rings is 2. The van der Waals surface area contributed by atoms with Crippen LogP contribution in [0.2, 0.25) is 0 Å². The number of carbonyl (C=O) groups is 1. The molecule has 0 atom stereocenters. The average Bonchev–Trinajstić information content (AvgIpc) is 2.72. The molecule has 2 aromatic rings. The summed E-state index contributed by atoms with van der Waals surface area (Å²) in [5.41, 5.74) is 3.69. The number of hydrogen-bond acceptors (Lipinski definition) is 6. The van der Waals surface area contributed by atoms with Gasteiger partial charge in [0, 0.05) is 5.56 Å². The first-order chi connectivity index (χ1) is 13.6. The van der Waals surface area contributed by atoms with Gasteiger partial charge in [0.25, 0.3) is 5.91 Å². The number of amides is 1. The maximum absolute atomic E-state index is 12.3. The van der Waals surface area contributed by atoms with Gasteiger partial charge in [0.1, 0.15) is 0 Å². The summed E-state index contributed by atoms with van der Waals surface area (Å²) in [6.07, 6.45) is 2.46. The predicted molar refractivity (Wildman–Crippen MR) is 108 cm³/mol. The Morgan fingerprint density at radius 2 is 1.71 bits per heavy atom. The lowest BCUT2D eigenvalue weighted by Gasteiger charge is -2.11. The molecule has 2 aromatic carbocycles. The second kappa shape index (κ2) is 10.8. The van der Waals surface area contributed by atoms with E-state index in [9.17, 15) is 4.79 Å². The molecule has 0 spiro atoms. The summed E-state index contributed by atoms with van der Waals surface area (Å²) >= 11 is 0. The average molecular weight is 386 g/mol. The molecule has 28 heavy (non-hydrogen) atoms. The molecule has 0 aromatic heterocycles. The molecule has 7 heteroatoms. The highest BCUT2D eigenvalue weighted by Crippen LogP contribution is 2.28. The van der Waals surface area contributed by atoms with Gasteiger partial charge in [-0.3, -0.25) is 4.79 Å². The Hall–Kier alpha value is -3.22. The van der Waals surface area contributed by atoms with Crippen LogP contribution in [0.5, 0.6) is 23.0 Å². The molecule has 0 saturated heterocycles. The standard InChI is InChI=1S/C21H26N2O5/c1-5-11-28-18-9-7-15(12-20(18)27-6-2)14-22-23-21(24)16-8-10-17(25-3)19(13-16)26-4/h7-10,12-14H,5-6,11H2,1-4H3,(H,23,24)/b22-14+. The normalized spacial score (nSPS) is 10.6. The van der Waals surface area contributed by atoms with Gasteiger partial charge in [-0.2, -0.15) is 5.10 Å². The van der Waals surface area contributed by atoms with E-state index >= 15 is 0 Å². The van der Waals surface area contributed by atoms with Crippen LogP contribution in [0.3, 0.4) is 0 Å². The Morgan fingerprint density at radius 1 is 0.964 bits per heavy atom. The molecule has 7 nitrogen and oxygen atoms in total. The first-order valence-electron chi connectivity index (χ1n) is 9.08. The highest BCUT2D eigenvalue weighted by atomic mass is 16.5. The van der Waals surface area contributed by atoms with Crippen molar-refractivity contribution in [3.8, 4) is 23.0 Å². The summed E-state index contributed by atoms with van der Waals surface area (Å²) in [5, 5.41) is 4.02. The Kier molecular flexibility index (Phi) is 8.14. The molecule has 0 unspecified atom stereocenters. The number of hydrazone groups is 1. The summed E-state index contributed by atoms with van der Waals surface area (Å²) in [4.78, 5) is 12.3. The van der Waals surface area contributed by atoms with Crippen LogP contribution in [0, 0.1) is 0 Å². The van der Waals surface area contributed by atoms with E-state index in [0.29, 0.717) is 41.8 Å². The zero-order chi connectivity index (χ0) is 20.4. The smallest absolute Gasteiger partial charge is 0.271 e. The third kappa shape index (κ3) is 5.64. The molecule has 0 aliphatic carbocycles. The van der Waals surface area contributed by atoms with Crippen LogP contribution < -0.4 is 24.4 Å². The van der Waals surface area contributed by atoms with Crippen molar-refractivity contribution in [3.05, 3.63) is 47.5 Å². The van der Waals surface area contributed by atoms with Gasteiger partial charge in [-0.15, -0.1) is 0 Å². The third-order valence-corrected chi connectivity index (χ3v) is 3.75. The Labute approximate surface area is 165 Å². The monoisotopic (exact) mass is 386 g/mol. The van der Waals surface area contributed by atoms with Crippen LogP contribution in [0.1, 0.15) is 36.2 Å². The minimum absolute atomic E-state index is 0.356.